The average molecular weight is 289 g/mol. The zero-order valence-corrected chi connectivity index (χ0v) is 10.9. The van der Waals surface area contributed by atoms with Crippen LogP contribution in [0.5, 0.6) is 0 Å². The Morgan fingerprint density at radius 3 is 2.70 bits per heavy atom. The van der Waals surface area contributed by atoms with E-state index in [2.05, 4.69) is 15.5 Å². The number of amides is 1. The van der Waals surface area contributed by atoms with Gasteiger partial charge in [-0.05, 0) is 25.3 Å². The van der Waals surface area contributed by atoms with Crippen LogP contribution < -0.4 is 5.32 Å². The van der Waals surface area contributed by atoms with E-state index >= 15 is 0 Å². The molecular formula is C12H14F3N3O2. The lowest BCUT2D eigenvalue weighted by atomic mass is 9.89. The molecule has 0 bridgehead atoms. The van der Waals surface area contributed by atoms with Crippen LogP contribution in [-0.4, -0.2) is 34.0 Å². The van der Waals surface area contributed by atoms with Crippen LogP contribution in [-0.2, 0) is 9.53 Å². The standard InChI is InChI=1S/C12H14F3N3O2/c1-7-5-9(20-11(7,2)12(13,14)15)10(19)18-8-3-4-16-17-6-8/h3-4,6-7,9H,5H2,1-2H3,(H,16,18,19). The molecule has 1 aromatic rings. The molecule has 5 nitrogen and oxygen atoms in total. The monoisotopic (exact) mass is 289 g/mol. The molecule has 1 N–H and O–H groups in total. The molecule has 1 aliphatic heterocycles. The van der Waals surface area contributed by atoms with Crippen molar-refractivity contribution in [2.24, 2.45) is 5.92 Å². The highest BCUT2D eigenvalue weighted by molar-refractivity contribution is 5.94. The lowest BCUT2D eigenvalue weighted by Gasteiger charge is -2.30. The number of nitrogens with one attached hydrogen (secondary N) is 1. The maximum Gasteiger partial charge on any atom is 0.417 e. The maximum atomic E-state index is 13.0. The number of anilines is 1. The van der Waals surface area contributed by atoms with Crippen molar-refractivity contribution in [2.45, 2.75) is 38.1 Å². The van der Waals surface area contributed by atoms with Gasteiger partial charge in [0.25, 0.3) is 5.91 Å². The van der Waals surface area contributed by atoms with Gasteiger partial charge in [-0.1, -0.05) is 6.92 Å². The third kappa shape index (κ3) is 2.60. The van der Waals surface area contributed by atoms with Crippen molar-refractivity contribution in [3.05, 3.63) is 18.5 Å². The van der Waals surface area contributed by atoms with Crippen molar-refractivity contribution in [3.63, 3.8) is 0 Å². The van der Waals surface area contributed by atoms with Gasteiger partial charge in [-0.2, -0.15) is 23.4 Å². The van der Waals surface area contributed by atoms with E-state index in [1.54, 1.807) is 0 Å². The Labute approximate surface area is 113 Å². The minimum atomic E-state index is -4.51. The van der Waals surface area contributed by atoms with Gasteiger partial charge in [0, 0.05) is 0 Å². The van der Waals surface area contributed by atoms with Gasteiger partial charge < -0.3 is 10.1 Å². The van der Waals surface area contributed by atoms with E-state index in [-0.39, 0.29) is 6.42 Å². The van der Waals surface area contributed by atoms with Crippen molar-refractivity contribution in [1.82, 2.24) is 10.2 Å². The number of hydrogen-bond donors (Lipinski definition) is 1. The predicted octanol–water partition coefficient (Wildman–Crippen LogP) is 2.16. The van der Waals surface area contributed by atoms with Crippen LogP contribution in [0.15, 0.2) is 18.5 Å². The van der Waals surface area contributed by atoms with Crippen LogP contribution in [0.1, 0.15) is 20.3 Å². The van der Waals surface area contributed by atoms with Crippen molar-refractivity contribution in [1.29, 1.82) is 0 Å². The minimum Gasteiger partial charge on any atom is -0.352 e. The molecule has 0 aliphatic carbocycles. The molecule has 8 heteroatoms. The van der Waals surface area contributed by atoms with Crippen LogP contribution in [0.3, 0.4) is 0 Å². The summed E-state index contributed by atoms with van der Waals surface area (Å²) in [5, 5.41) is 9.56. The number of nitrogens with zero attached hydrogens (tertiary/aromatic N) is 2. The number of aromatic nitrogens is 2. The Morgan fingerprint density at radius 1 is 1.50 bits per heavy atom. The Bertz CT molecular complexity index is 494. The molecule has 3 unspecified atom stereocenters. The van der Waals surface area contributed by atoms with Crippen molar-refractivity contribution in [2.75, 3.05) is 5.32 Å². The molecule has 1 fully saturated rings. The Kier molecular flexibility index (Phi) is 3.68. The van der Waals surface area contributed by atoms with Gasteiger partial charge in [-0.25, -0.2) is 0 Å². The zero-order valence-electron chi connectivity index (χ0n) is 10.9. The molecule has 1 saturated heterocycles. The number of carbonyl (C=O) groups excluding carboxylic acids is 1. The zero-order chi connectivity index (χ0) is 15.0. The first-order valence-corrected chi connectivity index (χ1v) is 6.06. The number of carbonyl (C=O) groups is 1. The second kappa shape index (κ2) is 5.01. The number of alkyl halides is 3. The largest absolute Gasteiger partial charge is 0.417 e. The molecule has 110 valence electrons. The quantitative estimate of drug-likeness (QED) is 0.906. The van der Waals surface area contributed by atoms with E-state index in [1.165, 1.54) is 25.4 Å². The van der Waals surface area contributed by atoms with Gasteiger partial charge in [0.05, 0.1) is 18.1 Å². The van der Waals surface area contributed by atoms with Crippen LogP contribution in [0, 0.1) is 5.92 Å². The van der Waals surface area contributed by atoms with Gasteiger partial charge in [0.1, 0.15) is 6.10 Å². The summed E-state index contributed by atoms with van der Waals surface area (Å²) in [5.41, 5.74) is -1.94. The van der Waals surface area contributed by atoms with E-state index in [0.717, 1.165) is 6.92 Å². The Morgan fingerprint density at radius 2 is 2.20 bits per heavy atom. The molecule has 1 amide bonds. The van der Waals surface area contributed by atoms with Crippen molar-refractivity contribution in [3.8, 4) is 0 Å². The second-order valence-electron chi connectivity index (χ2n) is 4.97. The van der Waals surface area contributed by atoms with Gasteiger partial charge in [0.15, 0.2) is 5.60 Å². The molecule has 0 spiro atoms. The summed E-state index contributed by atoms with van der Waals surface area (Å²) in [6.45, 7) is 2.40. The topological polar surface area (TPSA) is 64.1 Å². The first-order chi connectivity index (χ1) is 9.24. The van der Waals surface area contributed by atoms with Crippen LogP contribution in [0.25, 0.3) is 0 Å². The number of rotatable bonds is 2. The maximum absolute atomic E-state index is 13.0. The molecule has 2 rings (SSSR count). The molecule has 0 aromatic carbocycles. The van der Waals surface area contributed by atoms with Gasteiger partial charge in [-0.3, -0.25) is 4.79 Å². The minimum absolute atomic E-state index is 0.0142. The lowest BCUT2D eigenvalue weighted by molar-refractivity contribution is -0.272. The summed E-state index contributed by atoms with van der Waals surface area (Å²) in [6.07, 6.45) is -2.96. The highest BCUT2D eigenvalue weighted by atomic mass is 19.4. The first kappa shape index (κ1) is 14.7. The van der Waals surface area contributed by atoms with E-state index in [9.17, 15) is 18.0 Å². The summed E-state index contributed by atoms with van der Waals surface area (Å²) >= 11 is 0. The highest BCUT2D eigenvalue weighted by Gasteiger charge is 2.61. The van der Waals surface area contributed by atoms with Crippen molar-refractivity contribution < 1.29 is 22.7 Å². The number of halogens is 3. The number of hydrogen-bond acceptors (Lipinski definition) is 4. The van der Waals surface area contributed by atoms with Crippen LogP contribution in [0.4, 0.5) is 18.9 Å². The third-order valence-corrected chi connectivity index (χ3v) is 3.60. The molecule has 0 saturated carbocycles. The number of ether oxygens (including phenoxy) is 1. The summed E-state index contributed by atoms with van der Waals surface area (Å²) < 4.78 is 43.9. The van der Waals surface area contributed by atoms with Crippen LogP contribution in [0.2, 0.25) is 0 Å². The van der Waals surface area contributed by atoms with Crippen LogP contribution >= 0.6 is 0 Å². The Balaban J connectivity index is 2.07. The molecule has 0 radical (unpaired) electrons. The van der Waals surface area contributed by atoms with Gasteiger partial charge >= 0.3 is 6.18 Å². The summed E-state index contributed by atoms with van der Waals surface area (Å²) in [7, 11) is 0. The van der Waals surface area contributed by atoms with E-state index in [0.29, 0.717) is 5.69 Å². The molecule has 3 atom stereocenters. The predicted molar refractivity (Wildman–Crippen MR) is 63.8 cm³/mol. The fourth-order valence-electron chi connectivity index (χ4n) is 2.10. The normalized spacial score (nSPS) is 30.2. The van der Waals surface area contributed by atoms with E-state index in [1.807, 2.05) is 0 Å². The fraction of sp³-hybridized carbons (Fsp3) is 0.583. The summed E-state index contributed by atoms with van der Waals surface area (Å²) in [4.78, 5) is 11.9. The third-order valence-electron chi connectivity index (χ3n) is 3.60. The highest BCUT2D eigenvalue weighted by Crippen LogP contribution is 2.46. The lowest BCUT2D eigenvalue weighted by Crippen LogP contribution is -2.47. The fourth-order valence-corrected chi connectivity index (χ4v) is 2.10. The van der Waals surface area contributed by atoms with Crippen molar-refractivity contribution >= 4 is 11.6 Å². The van der Waals surface area contributed by atoms with Gasteiger partial charge in [0.2, 0.25) is 0 Å². The molecule has 1 aliphatic rings. The molecule has 20 heavy (non-hydrogen) atoms. The average Bonchev–Trinajstić information content (AvgIpc) is 2.68. The SMILES string of the molecule is CC1CC(C(=O)Nc2ccnnc2)OC1(C)C(F)(F)F. The molecular weight excluding hydrogens is 275 g/mol. The first-order valence-electron chi connectivity index (χ1n) is 6.06. The summed E-state index contributed by atoms with van der Waals surface area (Å²) in [5.74, 6) is -1.41. The van der Waals surface area contributed by atoms with E-state index < -0.39 is 29.7 Å². The molecule has 2 heterocycles. The van der Waals surface area contributed by atoms with E-state index in [4.69, 9.17) is 4.74 Å². The Hall–Kier alpha value is -1.70. The smallest absolute Gasteiger partial charge is 0.352 e. The summed E-state index contributed by atoms with van der Waals surface area (Å²) in [6, 6.07) is 1.49. The second-order valence-corrected chi connectivity index (χ2v) is 4.97. The molecule has 1 aromatic heterocycles. The van der Waals surface area contributed by atoms with Gasteiger partial charge in [-0.15, -0.1) is 0 Å².